The van der Waals surface area contributed by atoms with E-state index in [1.54, 1.807) is 55.4 Å². The normalized spacial score (nSPS) is 19.7. The molecule has 0 spiro atoms. The van der Waals surface area contributed by atoms with Crippen LogP contribution in [0.15, 0.2) is 30.3 Å². The first-order chi connectivity index (χ1) is 14.9. The van der Waals surface area contributed by atoms with Crippen LogP contribution in [0.1, 0.15) is 17.5 Å². The summed E-state index contributed by atoms with van der Waals surface area (Å²) in [6, 6.07) is 8.38. The molecule has 0 saturated carbocycles. The minimum Gasteiger partial charge on any atom is -0.497 e. The summed E-state index contributed by atoms with van der Waals surface area (Å²) in [6.07, 6.45) is 0.741. The Morgan fingerprint density at radius 2 is 1.84 bits per heavy atom. The van der Waals surface area contributed by atoms with Crippen LogP contribution in [-0.4, -0.2) is 56.7 Å². The molecule has 164 valence electrons. The number of benzene rings is 2. The Kier molecular flexibility index (Phi) is 5.71. The summed E-state index contributed by atoms with van der Waals surface area (Å²) in [6.45, 7) is 2.37. The molecule has 2 fully saturated rings. The average molecular weight is 445 g/mol. The van der Waals surface area contributed by atoms with E-state index in [-0.39, 0.29) is 24.3 Å². The van der Waals surface area contributed by atoms with Crippen molar-refractivity contribution in [1.29, 1.82) is 0 Å². The Labute approximate surface area is 186 Å². The summed E-state index contributed by atoms with van der Waals surface area (Å²) < 4.78 is 16.1. The molecule has 2 bridgehead atoms. The molecule has 0 aliphatic carbocycles. The summed E-state index contributed by atoms with van der Waals surface area (Å²) >= 11 is 6.22. The highest BCUT2D eigenvalue weighted by Crippen LogP contribution is 2.42. The van der Waals surface area contributed by atoms with E-state index in [1.165, 1.54) is 0 Å². The lowest BCUT2D eigenvalue weighted by Crippen LogP contribution is -2.53. The molecule has 0 unspecified atom stereocenters. The van der Waals surface area contributed by atoms with E-state index in [2.05, 4.69) is 0 Å². The number of hydrogen-bond acceptors (Lipinski definition) is 5. The molecule has 2 saturated heterocycles. The van der Waals surface area contributed by atoms with Gasteiger partial charge in [0.2, 0.25) is 11.8 Å². The zero-order valence-electron chi connectivity index (χ0n) is 18.0. The number of carbonyl (C=O) groups excluding carboxylic acids is 2. The lowest BCUT2D eigenvalue weighted by Gasteiger charge is -2.34. The highest BCUT2D eigenvalue weighted by Gasteiger charge is 2.52. The Morgan fingerprint density at radius 3 is 2.48 bits per heavy atom. The maximum Gasteiger partial charge on any atom is 0.250 e. The number of rotatable bonds is 6. The van der Waals surface area contributed by atoms with Gasteiger partial charge in [-0.05, 0) is 43.2 Å². The third-order valence-corrected chi connectivity index (χ3v) is 6.44. The van der Waals surface area contributed by atoms with Gasteiger partial charge in [0.05, 0.1) is 39.5 Å². The number of piperazine rings is 1. The molecular weight excluding hydrogens is 420 g/mol. The number of aryl methyl sites for hydroxylation is 1. The third-order valence-electron chi connectivity index (χ3n) is 6.04. The predicted octanol–water partition coefficient (Wildman–Crippen LogP) is 3.23. The molecule has 0 N–H and O–H groups in total. The quantitative estimate of drug-likeness (QED) is 0.684. The first-order valence-corrected chi connectivity index (χ1v) is 10.4. The smallest absolute Gasteiger partial charge is 0.250 e. The Morgan fingerprint density at radius 1 is 1.10 bits per heavy atom. The molecule has 8 heteroatoms. The molecule has 2 aliphatic rings. The molecule has 2 heterocycles. The minimum atomic E-state index is -0.477. The fraction of sp³-hybridized carbons (Fsp3) is 0.391. The van der Waals surface area contributed by atoms with E-state index in [4.69, 9.17) is 25.8 Å². The van der Waals surface area contributed by atoms with Gasteiger partial charge in [-0.25, -0.2) is 0 Å². The van der Waals surface area contributed by atoms with Gasteiger partial charge in [-0.3, -0.25) is 9.59 Å². The Balaban J connectivity index is 1.55. The van der Waals surface area contributed by atoms with E-state index < -0.39 is 6.04 Å². The molecule has 2 amide bonds. The van der Waals surface area contributed by atoms with Crippen molar-refractivity contribution in [3.63, 3.8) is 0 Å². The van der Waals surface area contributed by atoms with Gasteiger partial charge in [-0.2, -0.15) is 0 Å². The van der Waals surface area contributed by atoms with Crippen LogP contribution >= 0.6 is 11.6 Å². The second-order valence-electron chi connectivity index (χ2n) is 7.79. The van der Waals surface area contributed by atoms with Crippen molar-refractivity contribution >= 4 is 29.1 Å². The van der Waals surface area contributed by atoms with Gasteiger partial charge in [-0.1, -0.05) is 11.6 Å². The number of fused-ring (bicyclic) bond motifs is 2. The van der Waals surface area contributed by atoms with Crippen LogP contribution in [0.5, 0.6) is 17.2 Å². The van der Waals surface area contributed by atoms with Crippen LogP contribution < -0.4 is 19.1 Å². The summed E-state index contributed by atoms with van der Waals surface area (Å²) in [5.74, 6) is 1.62. The molecule has 2 atom stereocenters. The minimum absolute atomic E-state index is 0.0943. The largest absolute Gasteiger partial charge is 0.497 e. The molecule has 2 aromatic carbocycles. The maximum absolute atomic E-state index is 13.2. The zero-order valence-corrected chi connectivity index (χ0v) is 18.7. The van der Waals surface area contributed by atoms with Crippen molar-refractivity contribution in [3.8, 4) is 17.2 Å². The van der Waals surface area contributed by atoms with Gasteiger partial charge in [0.15, 0.2) is 0 Å². The van der Waals surface area contributed by atoms with Gasteiger partial charge in [0.1, 0.15) is 23.3 Å². The number of nitrogens with zero attached hydrogens (tertiary/aromatic N) is 2. The number of amides is 2. The number of hydrogen-bond donors (Lipinski definition) is 0. The highest BCUT2D eigenvalue weighted by molar-refractivity contribution is 6.31. The van der Waals surface area contributed by atoms with Gasteiger partial charge in [0, 0.05) is 23.2 Å². The average Bonchev–Trinajstić information content (AvgIpc) is 3.33. The molecular formula is C23H25ClN2O5. The highest BCUT2D eigenvalue weighted by atomic mass is 35.5. The van der Waals surface area contributed by atoms with Crippen molar-refractivity contribution in [1.82, 2.24) is 4.90 Å². The first-order valence-electron chi connectivity index (χ1n) is 10.1. The SMILES string of the molecule is COc1ccc(OC)c(CC(=O)N2C[C@@H]3C[C@H]2C(=O)N3c2cc(C)c(Cl)cc2OC)c1. The van der Waals surface area contributed by atoms with Crippen molar-refractivity contribution in [2.24, 2.45) is 0 Å². The number of halogens is 1. The van der Waals surface area contributed by atoms with Crippen molar-refractivity contribution in [2.75, 3.05) is 32.8 Å². The van der Waals surface area contributed by atoms with E-state index in [1.807, 2.05) is 13.0 Å². The van der Waals surface area contributed by atoms with Gasteiger partial charge in [0.25, 0.3) is 0 Å². The van der Waals surface area contributed by atoms with Gasteiger partial charge >= 0.3 is 0 Å². The molecule has 7 nitrogen and oxygen atoms in total. The van der Waals surface area contributed by atoms with Crippen LogP contribution in [0.4, 0.5) is 5.69 Å². The molecule has 4 rings (SSSR count). The third kappa shape index (κ3) is 3.67. The lowest BCUT2D eigenvalue weighted by molar-refractivity contribution is -0.137. The van der Waals surface area contributed by atoms with Crippen LogP contribution in [0.3, 0.4) is 0 Å². The number of ether oxygens (including phenoxy) is 3. The second-order valence-corrected chi connectivity index (χ2v) is 8.19. The van der Waals surface area contributed by atoms with Crippen LogP contribution in [0.25, 0.3) is 0 Å². The monoisotopic (exact) mass is 444 g/mol. The van der Waals surface area contributed by atoms with Crippen LogP contribution in [0.2, 0.25) is 5.02 Å². The molecule has 2 aliphatic heterocycles. The Bertz CT molecular complexity index is 1040. The molecule has 0 radical (unpaired) electrons. The standard InChI is InChI=1S/C23H25ClN2O5/c1-13-7-18(21(31-4)11-17(13)24)26-15-10-19(23(26)28)25(12-15)22(27)9-14-8-16(29-2)5-6-20(14)30-3/h5-8,11,15,19H,9-10,12H2,1-4H3/t15-,19-/m0/s1. The van der Waals surface area contributed by atoms with Crippen molar-refractivity contribution in [2.45, 2.75) is 31.8 Å². The number of methoxy groups -OCH3 is 3. The molecule has 31 heavy (non-hydrogen) atoms. The fourth-order valence-corrected chi connectivity index (χ4v) is 4.60. The van der Waals surface area contributed by atoms with Gasteiger partial charge in [-0.15, -0.1) is 0 Å². The topological polar surface area (TPSA) is 68.3 Å². The summed E-state index contributed by atoms with van der Waals surface area (Å²) in [7, 11) is 4.70. The second kappa shape index (κ2) is 8.30. The van der Waals surface area contributed by atoms with Gasteiger partial charge < -0.3 is 24.0 Å². The van der Waals surface area contributed by atoms with E-state index in [0.29, 0.717) is 40.9 Å². The van der Waals surface area contributed by atoms with Crippen molar-refractivity contribution < 1.29 is 23.8 Å². The van der Waals surface area contributed by atoms with E-state index >= 15 is 0 Å². The number of carbonyl (C=O) groups is 2. The molecule has 0 aromatic heterocycles. The molecule has 2 aromatic rings. The predicted molar refractivity (Wildman–Crippen MR) is 117 cm³/mol. The van der Waals surface area contributed by atoms with E-state index in [9.17, 15) is 9.59 Å². The Hall–Kier alpha value is -2.93. The zero-order chi connectivity index (χ0) is 22.3. The summed E-state index contributed by atoms with van der Waals surface area (Å²) in [5.41, 5.74) is 2.29. The maximum atomic E-state index is 13.2. The summed E-state index contributed by atoms with van der Waals surface area (Å²) in [4.78, 5) is 29.8. The van der Waals surface area contributed by atoms with E-state index in [0.717, 1.165) is 11.1 Å². The van der Waals surface area contributed by atoms with Crippen LogP contribution in [0, 0.1) is 6.92 Å². The number of likely N-dealkylation sites (tertiary alicyclic amines) is 1. The lowest BCUT2D eigenvalue weighted by atomic mass is 10.1. The van der Waals surface area contributed by atoms with Crippen molar-refractivity contribution in [3.05, 3.63) is 46.5 Å². The first kappa shape index (κ1) is 21.3. The fourth-order valence-electron chi connectivity index (χ4n) is 4.45. The number of anilines is 1. The van der Waals surface area contributed by atoms with Crippen LogP contribution in [-0.2, 0) is 16.0 Å². The summed E-state index contributed by atoms with van der Waals surface area (Å²) in [5, 5.41) is 0.585.